The number of hydrogen-bond acceptors (Lipinski definition) is 3. The van der Waals surface area contributed by atoms with Gasteiger partial charge in [0.25, 0.3) is 0 Å². The summed E-state index contributed by atoms with van der Waals surface area (Å²) in [4.78, 5) is 6.72. The fraction of sp³-hybridized carbons (Fsp3) is 0.667. The Hall–Kier alpha value is -0.440. The predicted molar refractivity (Wildman–Crippen MR) is 56.3 cm³/mol. The normalized spacial score (nSPS) is 23.0. The van der Waals surface area contributed by atoms with Crippen LogP contribution in [0.15, 0.2) is 16.6 Å². The van der Waals surface area contributed by atoms with E-state index >= 15 is 0 Å². The molecule has 3 heteroatoms. The van der Waals surface area contributed by atoms with E-state index in [1.165, 1.54) is 0 Å². The summed E-state index contributed by atoms with van der Waals surface area (Å²) >= 11 is 1.71. The number of rotatable bonds is 0. The van der Waals surface area contributed by atoms with Crippen molar-refractivity contribution in [2.75, 3.05) is 6.54 Å². The minimum absolute atomic E-state index is 0.132. The van der Waals surface area contributed by atoms with E-state index in [0.717, 1.165) is 11.7 Å². The van der Waals surface area contributed by atoms with Crippen LogP contribution >= 0.6 is 11.8 Å². The van der Waals surface area contributed by atoms with Crippen molar-refractivity contribution in [2.24, 2.45) is 4.99 Å². The third-order valence-electron chi connectivity index (χ3n) is 1.62. The lowest BCUT2D eigenvalue weighted by atomic mass is 10.1. The van der Waals surface area contributed by atoms with E-state index in [2.05, 4.69) is 35.3 Å². The van der Waals surface area contributed by atoms with Crippen LogP contribution in [0.3, 0.4) is 0 Å². The number of thioether (sulfide) groups is 1. The van der Waals surface area contributed by atoms with Crippen LogP contribution in [-0.2, 0) is 0 Å². The topological polar surface area (TPSA) is 15.6 Å². The van der Waals surface area contributed by atoms with Crippen LogP contribution in [0.25, 0.3) is 0 Å². The Bertz CT molecular complexity index is 219. The number of amidine groups is 1. The molecule has 0 saturated heterocycles. The highest BCUT2D eigenvalue weighted by Crippen LogP contribution is 2.30. The van der Waals surface area contributed by atoms with Crippen molar-refractivity contribution in [2.45, 2.75) is 33.2 Å². The standard InChI is InChI=1S/C7H10N2S.C2H6/c1-7(2)5-9-3-4-10-6(9)8-7;1-2/h3-4H,5H2,1-2H3;1-2H3. The Balaban J connectivity index is 0.000000336. The van der Waals surface area contributed by atoms with Crippen LogP contribution in [0.1, 0.15) is 27.7 Å². The summed E-state index contributed by atoms with van der Waals surface area (Å²) in [5, 5.41) is 3.23. The van der Waals surface area contributed by atoms with E-state index in [1.54, 1.807) is 11.8 Å². The smallest absolute Gasteiger partial charge is 0.168 e. The maximum absolute atomic E-state index is 4.53. The molecule has 2 nitrogen and oxygen atoms in total. The van der Waals surface area contributed by atoms with E-state index in [-0.39, 0.29) is 5.54 Å². The Labute approximate surface area is 78.7 Å². The van der Waals surface area contributed by atoms with Gasteiger partial charge in [0.1, 0.15) is 0 Å². The summed E-state index contributed by atoms with van der Waals surface area (Å²) in [5.74, 6) is 0. The van der Waals surface area contributed by atoms with Crippen molar-refractivity contribution >= 4 is 16.9 Å². The zero-order valence-electron chi connectivity index (χ0n) is 8.16. The minimum Gasteiger partial charge on any atom is -0.325 e. The maximum Gasteiger partial charge on any atom is 0.168 e. The van der Waals surface area contributed by atoms with Gasteiger partial charge in [-0.25, -0.2) is 0 Å². The molecule has 2 aliphatic heterocycles. The Kier molecular flexibility index (Phi) is 2.83. The molecule has 0 bridgehead atoms. The van der Waals surface area contributed by atoms with Gasteiger partial charge in [-0.15, -0.1) is 0 Å². The molecule has 0 amide bonds. The Morgan fingerprint density at radius 3 is 2.75 bits per heavy atom. The molecule has 0 unspecified atom stereocenters. The highest BCUT2D eigenvalue weighted by molar-refractivity contribution is 8.16. The summed E-state index contributed by atoms with van der Waals surface area (Å²) in [6.45, 7) is 9.35. The summed E-state index contributed by atoms with van der Waals surface area (Å²) < 4.78 is 0. The second-order valence-corrected chi connectivity index (χ2v) is 4.11. The van der Waals surface area contributed by atoms with Crippen LogP contribution in [0, 0.1) is 0 Å². The number of aliphatic imine (C=N–C) groups is 1. The van der Waals surface area contributed by atoms with Crippen molar-refractivity contribution in [3.63, 3.8) is 0 Å². The molecule has 0 aromatic rings. The summed E-state index contributed by atoms with van der Waals surface area (Å²) in [7, 11) is 0. The highest BCUT2D eigenvalue weighted by atomic mass is 32.2. The molecule has 0 aromatic heterocycles. The third kappa shape index (κ3) is 1.83. The molecule has 0 fully saturated rings. The summed E-state index contributed by atoms with van der Waals surface area (Å²) in [6.07, 6.45) is 2.10. The molecule has 12 heavy (non-hydrogen) atoms. The molecular formula is C9H16N2S. The highest BCUT2D eigenvalue weighted by Gasteiger charge is 2.31. The lowest BCUT2D eigenvalue weighted by Gasteiger charge is -2.14. The van der Waals surface area contributed by atoms with Crippen LogP contribution in [0.2, 0.25) is 0 Å². The van der Waals surface area contributed by atoms with E-state index < -0.39 is 0 Å². The number of fused-ring (bicyclic) bond motifs is 1. The van der Waals surface area contributed by atoms with E-state index in [0.29, 0.717) is 0 Å². The quantitative estimate of drug-likeness (QED) is 0.575. The lowest BCUT2D eigenvalue weighted by molar-refractivity contribution is 0.454. The van der Waals surface area contributed by atoms with Crippen molar-refractivity contribution in [1.82, 2.24) is 4.90 Å². The van der Waals surface area contributed by atoms with Crippen molar-refractivity contribution in [1.29, 1.82) is 0 Å². The van der Waals surface area contributed by atoms with Gasteiger partial charge in [-0.1, -0.05) is 25.6 Å². The molecule has 2 heterocycles. The first-order chi connectivity index (χ1) is 5.67. The zero-order chi connectivity index (χ0) is 9.19. The van der Waals surface area contributed by atoms with Gasteiger partial charge in [-0.3, -0.25) is 4.99 Å². The molecule has 0 saturated carbocycles. The monoisotopic (exact) mass is 184 g/mol. The van der Waals surface area contributed by atoms with Gasteiger partial charge in [0.15, 0.2) is 5.17 Å². The third-order valence-corrected chi connectivity index (χ3v) is 2.41. The average molecular weight is 184 g/mol. The fourth-order valence-corrected chi connectivity index (χ4v) is 2.11. The second-order valence-electron chi connectivity index (χ2n) is 3.24. The Morgan fingerprint density at radius 1 is 1.50 bits per heavy atom. The van der Waals surface area contributed by atoms with Crippen LogP contribution in [0.5, 0.6) is 0 Å². The van der Waals surface area contributed by atoms with Gasteiger partial charge >= 0.3 is 0 Å². The van der Waals surface area contributed by atoms with E-state index in [1.807, 2.05) is 13.8 Å². The molecule has 0 radical (unpaired) electrons. The molecular weight excluding hydrogens is 168 g/mol. The first kappa shape index (κ1) is 9.65. The molecule has 2 rings (SSSR count). The Morgan fingerprint density at radius 2 is 2.17 bits per heavy atom. The average Bonchev–Trinajstić information content (AvgIpc) is 2.48. The van der Waals surface area contributed by atoms with Crippen LogP contribution < -0.4 is 0 Å². The molecule has 2 aliphatic rings. The predicted octanol–water partition coefficient (Wildman–Crippen LogP) is 2.68. The van der Waals surface area contributed by atoms with Crippen molar-refractivity contribution < 1.29 is 0 Å². The molecule has 68 valence electrons. The number of hydrogen-bond donors (Lipinski definition) is 0. The van der Waals surface area contributed by atoms with Gasteiger partial charge < -0.3 is 4.90 Å². The second kappa shape index (κ2) is 3.52. The molecule has 0 aliphatic carbocycles. The maximum atomic E-state index is 4.53. The largest absolute Gasteiger partial charge is 0.325 e. The molecule has 0 aromatic carbocycles. The molecule has 0 atom stereocenters. The molecule has 0 spiro atoms. The van der Waals surface area contributed by atoms with E-state index in [9.17, 15) is 0 Å². The van der Waals surface area contributed by atoms with Crippen LogP contribution in [0.4, 0.5) is 0 Å². The fourth-order valence-electron chi connectivity index (χ4n) is 1.22. The SMILES string of the molecule is CC.CC1(C)CN2C=CSC2=N1. The van der Waals surface area contributed by atoms with Gasteiger partial charge in [-0.05, 0) is 19.3 Å². The zero-order valence-corrected chi connectivity index (χ0v) is 8.98. The number of nitrogens with zero attached hydrogens (tertiary/aromatic N) is 2. The van der Waals surface area contributed by atoms with Crippen LogP contribution in [-0.4, -0.2) is 22.2 Å². The lowest BCUT2D eigenvalue weighted by Crippen LogP contribution is -2.25. The van der Waals surface area contributed by atoms with Gasteiger partial charge in [0.05, 0.1) is 5.54 Å². The molecule has 0 N–H and O–H groups in total. The summed E-state index contributed by atoms with van der Waals surface area (Å²) in [5.41, 5.74) is 0.132. The first-order valence-electron chi connectivity index (χ1n) is 4.37. The summed E-state index contributed by atoms with van der Waals surface area (Å²) in [6, 6.07) is 0. The first-order valence-corrected chi connectivity index (χ1v) is 5.25. The van der Waals surface area contributed by atoms with Gasteiger partial charge in [0.2, 0.25) is 0 Å². The van der Waals surface area contributed by atoms with Gasteiger partial charge in [-0.2, -0.15) is 0 Å². The van der Waals surface area contributed by atoms with Crippen molar-refractivity contribution in [3.05, 3.63) is 11.6 Å². The minimum atomic E-state index is 0.132. The van der Waals surface area contributed by atoms with Gasteiger partial charge in [0, 0.05) is 12.7 Å². The van der Waals surface area contributed by atoms with E-state index in [4.69, 9.17) is 0 Å². The van der Waals surface area contributed by atoms with Crippen molar-refractivity contribution in [3.8, 4) is 0 Å².